The third kappa shape index (κ3) is 4.70. The minimum atomic E-state index is -0.240. The number of halogens is 3. The number of aliphatic hydroxyl groups excluding tert-OH is 1. The van der Waals surface area contributed by atoms with Crippen molar-refractivity contribution in [3.05, 3.63) is 27.2 Å². The van der Waals surface area contributed by atoms with E-state index in [1.807, 2.05) is 13.8 Å². The monoisotopic (exact) mass is 339 g/mol. The van der Waals surface area contributed by atoms with E-state index >= 15 is 0 Å². The van der Waals surface area contributed by atoms with Gasteiger partial charge >= 0.3 is 0 Å². The first-order chi connectivity index (χ1) is 9.36. The Morgan fingerprint density at radius 2 is 1.85 bits per heavy atom. The third-order valence-electron chi connectivity index (χ3n) is 2.61. The molecule has 1 rings (SSSR count). The van der Waals surface area contributed by atoms with Crippen LogP contribution in [0.4, 0.5) is 0 Å². The van der Waals surface area contributed by atoms with Gasteiger partial charge in [-0.1, -0.05) is 34.8 Å². The number of ether oxygens (including phenoxy) is 1. The van der Waals surface area contributed by atoms with Crippen LogP contribution in [0.3, 0.4) is 0 Å². The summed E-state index contributed by atoms with van der Waals surface area (Å²) < 4.78 is 5.36. The summed E-state index contributed by atoms with van der Waals surface area (Å²) in [6, 6.07) is 2.90. The second kappa shape index (κ2) is 7.93. The number of carbonyl (C=O) groups excluding carboxylic acids is 1. The van der Waals surface area contributed by atoms with Gasteiger partial charge in [-0.15, -0.1) is 0 Å². The van der Waals surface area contributed by atoms with Crippen molar-refractivity contribution < 1.29 is 14.6 Å². The van der Waals surface area contributed by atoms with Gasteiger partial charge in [0, 0.05) is 18.7 Å². The van der Waals surface area contributed by atoms with Crippen molar-refractivity contribution in [2.45, 2.75) is 19.9 Å². The van der Waals surface area contributed by atoms with Crippen LogP contribution >= 0.6 is 34.8 Å². The molecule has 0 bridgehead atoms. The highest BCUT2D eigenvalue weighted by atomic mass is 35.5. The topological polar surface area (TPSA) is 49.8 Å². The molecule has 0 saturated heterocycles. The number of hydrogen-bond acceptors (Lipinski definition) is 3. The highest BCUT2D eigenvalue weighted by molar-refractivity contribution is 6.43. The molecular weight excluding hydrogens is 325 g/mol. The molecule has 0 fully saturated rings. The number of hydrogen-bond donors (Lipinski definition) is 1. The van der Waals surface area contributed by atoms with Crippen molar-refractivity contribution in [3.8, 4) is 5.75 Å². The Morgan fingerprint density at radius 3 is 2.40 bits per heavy atom. The molecule has 1 aromatic rings. The normalized spacial score (nSPS) is 10.8. The SMILES string of the molecule is CC(C)N(CCO)C(=O)COc1cc(Cl)c(Cl)cc1Cl. The fraction of sp³-hybridized carbons (Fsp3) is 0.462. The van der Waals surface area contributed by atoms with Crippen LogP contribution in [0, 0.1) is 0 Å². The predicted octanol–water partition coefficient (Wildman–Crippen LogP) is 3.25. The van der Waals surface area contributed by atoms with Crippen molar-refractivity contribution >= 4 is 40.7 Å². The van der Waals surface area contributed by atoms with E-state index in [1.165, 1.54) is 17.0 Å². The van der Waals surface area contributed by atoms with Gasteiger partial charge in [0.1, 0.15) is 5.75 Å². The molecule has 0 atom stereocenters. The lowest BCUT2D eigenvalue weighted by Crippen LogP contribution is -2.41. The average Bonchev–Trinajstić information content (AvgIpc) is 2.38. The van der Waals surface area contributed by atoms with Gasteiger partial charge in [0.25, 0.3) is 5.91 Å². The molecule has 0 aliphatic heterocycles. The Labute approximate surface area is 133 Å². The molecule has 7 heteroatoms. The Balaban J connectivity index is 2.71. The quantitative estimate of drug-likeness (QED) is 0.809. The number of aliphatic hydroxyl groups is 1. The van der Waals surface area contributed by atoms with Crippen molar-refractivity contribution in [2.75, 3.05) is 19.8 Å². The summed E-state index contributed by atoms with van der Waals surface area (Å²) in [5, 5.41) is 9.85. The van der Waals surface area contributed by atoms with Gasteiger partial charge in [-0.25, -0.2) is 0 Å². The van der Waals surface area contributed by atoms with Crippen LogP contribution in [0.25, 0.3) is 0 Å². The summed E-state index contributed by atoms with van der Waals surface area (Å²) in [4.78, 5) is 13.5. The van der Waals surface area contributed by atoms with Gasteiger partial charge in [-0.05, 0) is 19.9 Å². The van der Waals surface area contributed by atoms with Gasteiger partial charge in [0.05, 0.1) is 21.7 Å². The molecule has 4 nitrogen and oxygen atoms in total. The third-order valence-corrected chi connectivity index (χ3v) is 3.63. The van der Waals surface area contributed by atoms with Gasteiger partial charge < -0.3 is 14.7 Å². The number of nitrogens with zero attached hydrogens (tertiary/aromatic N) is 1. The Kier molecular flexibility index (Phi) is 6.89. The maximum Gasteiger partial charge on any atom is 0.260 e. The van der Waals surface area contributed by atoms with E-state index in [4.69, 9.17) is 44.6 Å². The Morgan fingerprint density at radius 1 is 1.25 bits per heavy atom. The predicted molar refractivity (Wildman–Crippen MR) is 80.9 cm³/mol. The van der Waals surface area contributed by atoms with Crippen LogP contribution in [0.5, 0.6) is 5.75 Å². The maximum atomic E-state index is 12.0. The van der Waals surface area contributed by atoms with Crippen LogP contribution in [0.2, 0.25) is 15.1 Å². The van der Waals surface area contributed by atoms with Gasteiger partial charge in [0.2, 0.25) is 0 Å². The van der Waals surface area contributed by atoms with Crippen molar-refractivity contribution in [1.29, 1.82) is 0 Å². The van der Waals surface area contributed by atoms with E-state index < -0.39 is 0 Å². The molecule has 1 N–H and O–H groups in total. The summed E-state index contributed by atoms with van der Waals surface area (Å²) in [5.74, 6) is 0.0540. The van der Waals surface area contributed by atoms with Gasteiger partial charge in [0.15, 0.2) is 6.61 Å². The molecule has 0 spiro atoms. The summed E-state index contributed by atoms with van der Waals surface area (Å²) >= 11 is 17.6. The van der Waals surface area contributed by atoms with E-state index in [2.05, 4.69) is 0 Å². The summed E-state index contributed by atoms with van der Waals surface area (Å²) in [6.45, 7) is 3.70. The minimum Gasteiger partial charge on any atom is -0.482 e. The molecule has 0 unspecified atom stereocenters. The fourth-order valence-electron chi connectivity index (χ4n) is 1.62. The second-order valence-corrected chi connectivity index (χ2v) is 5.61. The molecular formula is C13H16Cl3NO3. The van der Waals surface area contributed by atoms with Crippen LogP contribution in [0.1, 0.15) is 13.8 Å². The first kappa shape index (κ1) is 17.4. The largest absolute Gasteiger partial charge is 0.482 e. The molecule has 1 amide bonds. The molecule has 0 aliphatic carbocycles. The lowest BCUT2D eigenvalue weighted by atomic mass is 10.3. The fourth-order valence-corrected chi connectivity index (χ4v) is 2.21. The van der Waals surface area contributed by atoms with E-state index in [-0.39, 0.29) is 36.7 Å². The zero-order chi connectivity index (χ0) is 15.3. The Bertz CT molecular complexity index is 480. The second-order valence-electron chi connectivity index (χ2n) is 4.39. The minimum absolute atomic E-state index is 0.0254. The number of carbonyl (C=O) groups is 1. The van der Waals surface area contributed by atoms with Crippen molar-refractivity contribution in [3.63, 3.8) is 0 Å². The lowest BCUT2D eigenvalue weighted by Gasteiger charge is -2.25. The molecule has 1 aromatic carbocycles. The molecule has 0 radical (unpaired) electrons. The van der Waals surface area contributed by atoms with Crippen molar-refractivity contribution in [2.24, 2.45) is 0 Å². The summed E-state index contributed by atoms with van der Waals surface area (Å²) in [5.41, 5.74) is 0. The Hall–Kier alpha value is -0.680. The first-order valence-electron chi connectivity index (χ1n) is 6.04. The molecule has 0 aromatic heterocycles. The van der Waals surface area contributed by atoms with Gasteiger partial charge in [-0.3, -0.25) is 4.79 Å². The van der Waals surface area contributed by atoms with Crippen LogP contribution in [-0.4, -0.2) is 41.7 Å². The zero-order valence-corrected chi connectivity index (χ0v) is 13.5. The standard InChI is InChI=1S/C13H16Cl3NO3/c1-8(2)17(3-4-18)13(19)7-20-12-6-10(15)9(14)5-11(12)16/h5-6,8,18H,3-4,7H2,1-2H3. The van der Waals surface area contributed by atoms with Crippen molar-refractivity contribution in [1.82, 2.24) is 4.90 Å². The van der Waals surface area contributed by atoms with E-state index in [0.29, 0.717) is 15.8 Å². The van der Waals surface area contributed by atoms with E-state index in [0.717, 1.165) is 0 Å². The maximum absolute atomic E-state index is 12.0. The lowest BCUT2D eigenvalue weighted by molar-refractivity contribution is -0.135. The van der Waals surface area contributed by atoms with E-state index in [1.54, 1.807) is 0 Å². The molecule has 112 valence electrons. The molecule has 0 saturated carbocycles. The highest BCUT2D eigenvalue weighted by Crippen LogP contribution is 2.33. The van der Waals surface area contributed by atoms with E-state index in [9.17, 15) is 4.79 Å². The molecule has 20 heavy (non-hydrogen) atoms. The smallest absolute Gasteiger partial charge is 0.260 e. The van der Waals surface area contributed by atoms with Gasteiger partial charge in [-0.2, -0.15) is 0 Å². The number of amides is 1. The molecule has 0 aliphatic rings. The highest BCUT2D eigenvalue weighted by Gasteiger charge is 2.17. The summed E-state index contributed by atoms with van der Waals surface area (Å²) in [7, 11) is 0. The average molecular weight is 341 g/mol. The van der Waals surface area contributed by atoms with Crippen LogP contribution < -0.4 is 4.74 Å². The number of benzene rings is 1. The first-order valence-corrected chi connectivity index (χ1v) is 7.17. The molecule has 0 heterocycles. The van der Waals surface area contributed by atoms with Crippen LogP contribution in [-0.2, 0) is 4.79 Å². The number of rotatable bonds is 6. The summed E-state index contributed by atoms with van der Waals surface area (Å²) in [6.07, 6.45) is 0. The zero-order valence-electron chi connectivity index (χ0n) is 11.2. The van der Waals surface area contributed by atoms with Crippen LogP contribution in [0.15, 0.2) is 12.1 Å².